The van der Waals surface area contributed by atoms with Gasteiger partial charge in [0.25, 0.3) is 0 Å². The summed E-state index contributed by atoms with van der Waals surface area (Å²) in [6.45, 7) is 4.18. The first-order valence-corrected chi connectivity index (χ1v) is 8.94. The Balaban J connectivity index is 2.05. The van der Waals surface area contributed by atoms with Crippen LogP contribution in [0.2, 0.25) is 0 Å². The van der Waals surface area contributed by atoms with Gasteiger partial charge in [-0.05, 0) is 37.2 Å². The first-order chi connectivity index (χ1) is 10.1. The maximum atomic E-state index is 11.3. The number of aromatic nitrogens is 2. The zero-order valence-electron chi connectivity index (χ0n) is 12.1. The monoisotopic (exact) mass is 322 g/mol. The van der Waals surface area contributed by atoms with Crippen molar-refractivity contribution < 1.29 is 9.90 Å². The van der Waals surface area contributed by atoms with Crippen LogP contribution in [0.4, 0.5) is 0 Å². The lowest BCUT2D eigenvalue weighted by Gasteiger charge is -2.18. The van der Waals surface area contributed by atoms with Crippen molar-refractivity contribution in [1.82, 2.24) is 9.97 Å². The van der Waals surface area contributed by atoms with E-state index in [0.29, 0.717) is 6.42 Å². The molecule has 0 spiro atoms. The molecule has 112 valence electrons. The van der Waals surface area contributed by atoms with E-state index in [2.05, 4.69) is 16.9 Å². The van der Waals surface area contributed by atoms with Crippen LogP contribution in [0.25, 0.3) is 10.2 Å². The first kappa shape index (κ1) is 14.8. The molecule has 2 atom stereocenters. The molecule has 3 rings (SSSR count). The average Bonchev–Trinajstić information content (AvgIpc) is 2.82. The maximum Gasteiger partial charge on any atom is 0.317 e. The normalized spacial score (nSPS) is 19.4. The van der Waals surface area contributed by atoms with Gasteiger partial charge in [0.2, 0.25) is 0 Å². The van der Waals surface area contributed by atoms with Crippen molar-refractivity contribution in [2.24, 2.45) is 5.92 Å². The molecule has 0 fully saturated rings. The SMILES string of the molecule is CC[C@@H](Sc1ncnc2sc3c(c12)CC[C@H](C)C3)C(=O)O. The molecular weight excluding hydrogens is 304 g/mol. The number of hydrogen-bond acceptors (Lipinski definition) is 5. The second-order valence-electron chi connectivity index (χ2n) is 5.56. The van der Waals surface area contributed by atoms with Crippen LogP contribution < -0.4 is 0 Å². The van der Waals surface area contributed by atoms with Gasteiger partial charge in [-0.25, -0.2) is 9.97 Å². The summed E-state index contributed by atoms with van der Waals surface area (Å²) in [4.78, 5) is 22.5. The van der Waals surface area contributed by atoms with Crippen molar-refractivity contribution in [3.8, 4) is 0 Å². The van der Waals surface area contributed by atoms with Crippen LogP contribution >= 0.6 is 23.1 Å². The lowest BCUT2D eigenvalue weighted by Crippen LogP contribution is -2.15. The van der Waals surface area contributed by atoms with Gasteiger partial charge in [-0.2, -0.15) is 0 Å². The largest absolute Gasteiger partial charge is 0.480 e. The van der Waals surface area contributed by atoms with Gasteiger partial charge < -0.3 is 5.11 Å². The Morgan fingerprint density at radius 1 is 1.57 bits per heavy atom. The van der Waals surface area contributed by atoms with E-state index in [4.69, 9.17) is 0 Å². The van der Waals surface area contributed by atoms with Crippen molar-refractivity contribution in [2.75, 3.05) is 0 Å². The zero-order chi connectivity index (χ0) is 15.0. The Kier molecular flexibility index (Phi) is 4.17. The molecule has 0 saturated heterocycles. The van der Waals surface area contributed by atoms with Gasteiger partial charge in [0.1, 0.15) is 21.4 Å². The third-order valence-electron chi connectivity index (χ3n) is 3.96. The summed E-state index contributed by atoms with van der Waals surface area (Å²) in [7, 11) is 0. The van der Waals surface area contributed by atoms with Crippen molar-refractivity contribution in [3.05, 3.63) is 16.8 Å². The smallest absolute Gasteiger partial charge is 0.317 e. The fraction of sp³-hybridized carbons (Fsp3) is 0.533. The summed E-state index contributed by atoms with van der Waals surface area (Å²) in [5.74, 6) is -0.0518. The fourth-order valence-electron chi connectivity index (χ4n) is 2.78. The minimum absolute atomic E-state index is 0.443. The van der Waals surface area contributed by atoms with Crippen LogP contribution in [-0.2, 0) is 17.6 Å². The van der Waals surface area contributed by atoms with Crippen LogP contribution in [0, 0.1) is 5.92 Å². The van der Waals surface area contributed by atoms with Crippen molar-refractivity contribution in [2.45, 2.75) is 49.8 Å². The third-order valence-corrected chi connectivity index (χ3v) is 6.47. The number of aryl methyl sites for hydroxylation is 1. The summed E-state index contributed by atoms with van der Waals surface area (Å²) in [6.07, 6.45) is 5.51. The van der Waals surface area contributed by atoms with Gasteiger partial charge in [-0.15, -0.1) is 11.3 Å². The maximum absolute atomic E-state index is 11.3. The van der Waals surface area contributed by atoms with Gasteiger partial charge in [-0.3, -0.25) is 4.79 Å². The molecule has 6 heteroatoms. The minimum Gasteiger partial charge on any atom is -0.480 e. The zero-order valence-corrected chi connectivity index (χ0v) is 13.8. The molecule has 4 nitrogen and oxygen atoms in total. The number of aliphatic carboxylic acids is 1. The summed E-state index contributed by atoms with van der Waals surface area (Å²) in [5.41, 5.74) is 1.36. The van der Waals surface area contributed by atoms with Crippen LogP contribution in [0.1, 0.15) is 37.1 Å². The first-order valence-electron chi connectivity index (χ1n) is 7.24. The second-order valence-corrected chi connectivity index (χ2v) is 7.84. The second kappa shape index (κ2) is 5.93. The molecule has 1 aliphatic rings. The third kappa shape index (κ3) is 2.79. The summed E-state index contributed by atoms with van der Waals surface area (Å²) in [6, 6.07) is 0. The Morgan fingerprint density at radius 3 is 3.10 bits per heavy atom. The highest BCUT2D eigenvalue weighted by Gasteiger charge is 2.25. The number of nitrogens with zero attached hydrogens (tertiary/aromatic N) is 2. The number of fused-ring (bicyclic) bond motifs is 3. The molecule has 0 bridgehead atoms. The van der Waals surface area contributed by atoms with E-state index in [-0.39, 0.29) is 0 Å². The highest BCUT2D eigenvalue weighted by Crippen LogP contribution is 2.41. The fourth-order valence-corrected chi connectivity index (χ4v) is 5.18. The number of carbonyl (C=O) groups is 1. The van der Waals surface area contributed by atoms with Crippen molar-refractivity contribution in [1.29, 1.82) is 0 Å². The molecule has 2 aromatic heterocycles. The minimum atomic E-state index is -0.771. The van der Waals surface area contributed by atoms with Crippen LogP contribution in [0.3, 0.4) is 0 Å². The molecule has 1 N–H and O–H groups in total. The highest BCUT2D eigenvalue weighted by atomic mass is 32.2. The summed E-state index contributed by atoms with van der Waals surface area (Å²) < 4.78 is 0. The van der Waals surface area contributed by atoms with Crippen molar-refractivity contribution in [3.63, 3.8) is 0 Å². The lowest BCUT2D eigenvalue weighted by atomic mass is 9.89. The van der Waals surface area contributed by atoms with Crippen LogP contribution in [0.5, 0.6) is 0 Å². The summed E-state index contributed by atoms with van der Waals surface area (Å²) >= 11 is 3.11. The van der Waals surface area contributed by atoms with E-state index >= 15 is 0 Å². The van der Waals surface area contributed by atoms with Gasteiger partial charge in [0, 0.05) is 10.3 Å². The number of thiophene rings is 1. The quantitative estimate of drug-likeness (QED) is 0.686. The van der Waals surface area contributed by atoms with Crippen molar-refractivity contribution >= 4 is 39.3 Å². The topological polar surface area (TPSA) is 63.1 Å². The molecule has 0 unspecified atom stereocenters. The Hall–Kier alpha value is -1.14. The molecule has 0 saturated carbocycles. The standard InChI is InChI=1S/C15H18N2O2S2/c1-3-10(15(18)19)20-13-12-9-5-4-8(2)6-11(9)21-14(12)17-7-16-13/h7-8,10H,3-6H2,1-2H3,(H,18,19)/t8-,10+/m0/s1. The molecular formula is C15H18N2O2S2. The van der Waals surface area contributed by atoms with E-state index in [9.17, 15) is 9.90 Å². The summed E-state index contributed by atoms with van der Waals surface area (Å²) in [5, 5.41) is 10.8. The Labute approximate surface area is 132 Å². The average molecular weight is 322 g/mol. The number of rotatable bonds is 4. The van der Waals surface area contributed by atoms with Gasteiger partial charge in [-0.1, -0.05) is 25.6 Å². The predicted octanol–water partition coefficient (Wildman–Crippen LogP) is 3.77. The molecule has 0 radical (unpaired) electrons. The molecule has 2 aromatic rings. The molecule has 0 amide bonds. The number of thioether (sulfide) groups is 1. The van der Waals surface area contributed by atoms with Crippen LogP contribution in [0.15, 0.2) is 11.4 Å². The van der Waals surface area contributed by atoms with Gasteiger partial charge in [0.05, 0.1) is 0 Å². The molecule has 0 aromatic carbocycles. The predicted molar refractivity (Wildman–Crippen MR) is 86.2 cm³/mol. The van der Waals surface area contributed by atoms with E-state index in [1.807, 2.05) is 6.92 Å². The number of carboxylic acid groups (broad SMARTS) is 1. The van der Waals surface area contributed by atoms with Gasteiger partial charge >= 0.3 is 5.97 Å². The number of hydrogen-bond donors (Lipinski definition) is 1. The highest BCUT2D eigenvalue weighted by molar-refractivity contribution is 8.00. The molecule has 2 heterocycles. The molecule has 0 aliphatic heterocycles. The lowest BCUT2D eigenvalue weighted by molar-refractivity contribution is -0.136. The van der Waals surface area contributed by atoms with E-state index < -0.39 is 11.2 Å². The molecule has 21 heavy (non-hydrogen) atoms. The number of carboxylic acids is 1. The van der Waals surface area contributed by atoms with E-state index in [0.717, 1.165) is 34.0 Å². The Bertz CT molecular complexity index is 684. The van der Waals surface area contributed by atoms with Gasteiger partial charge in [0.15, 0.2) is 0 Å². The molecule has 1 aliphatic carbocycles. The van der Waals surface area contributed by atoms with E-state index in [1.54, 1.807) is 17.7 Å². The Morgan fingerprint density at radius 2 is 2.38 bits per heavy atom. The van der Waals surface area contributed by atoms with E-state index in [1.165, 1.54) is 28.6 Å². The van der Waals surface area contributed by atoms with Crippen LogP contribution in [-0.4, -0.2) is 26.3 Å².